The molecular weight excluding hydrogens is 424 g/mol. The van der Waals surface area contributed by atoms with Crippen molar-refractivity contribution in [1.82, 2.24) is 10.2 Å². The quantitative estimate of drug-likeness (QED) is 0.495. The van der Waals surface area contributed by atoms with Crippen molar-refractivity contribution in [2.75, 3.05) is 6.61 Å². The van der Waals surface area contributed by atoms with Crippen LogP contribution in [0.25, 0.3) is 0 Å². The highest BCUT2D eigenvalue weighted by molar-refractivity contribution is 6.74. The zero-order valence-electron chi connectivity index (χ0n) is 20.2. The first-order valence-corrected chi connectivity index (χ1v) is 14.3. The van der Waals surface area contributed by atoms with Crippen LogP contribution in [-0.4, -0.2) is 55.9 Å². The topological polar surface area (TPSA) is 84.9 Å². The second-order valence-corrected chi connectivity index (χ2v) is 15.3. The predicted octanol–water partition coefficient (Wildman–Crippen LogP) is 3.74. The maximum absolute atomic E-state index is 13.4. The zero-order valence-corrected chi connectivity index (χ0v) is 21.2. The minimum atomic E-state index is -2.07. The number of cyclic esters (lactones) is 1. The van der Waals surface area contributed by atoms with Crippen molar-refractivity contribution in [3.8, 4) is 0 Å². The number of hydrogen-bond acceptors (Lipinski definition) is 5. The van der Waals surface area contributed by atoms with E-state index >= 15 is 0 Å². The van der Waals surface area contributed by atoms with Crippen LogP contribution in [0.1, 0.15) is 40.2 Å². The molecule has 8 heteroatoms. The van der Waals surface area contributed by atoms with Crippen LogP contribution < -0.4 is 5.32 Å². The van der Waals surface area contributed by atoms with Crippen LogP contribution in [0, 0.1) is 11.8 Å². The van der Waals surface area contributed by atoms with E-state index in [-0.39, 0.29) is 41.6 Å². The van der Waals surface area contributed by atoms with Gasteiger partial charge in [-0.2, -0.15) is 0 Å². The molecule has 2 aliphatic heterocycles. The van der Waals surface area contributed by atoms with Gasteiger partial charge in [-0.05, 0) is 37.0 Å². The van der Waals surface area contributed by atoms with E-state index in [0.717, 1.165) is 5.56 Å². The number of imide groups is 1. The SMILES string of the molecule is CC(C(=O)N1C(=O)OC[C@@H]1Cc1ccccc1)[C@H]1NC(=O)[C@@H]1[C@@H](C)O[Si](C)(C)C(C)(C)C. The van der Waals surface area contributed by atoms with Crippen molar-refractivity contribution >= 4 is 26.2 Å². The molecule has 2 fully saturated rings. The van der Waals surface area contributed by atoms with E-state index in [9.17, 15) is 14.4 Å². The van der Waals surface area contributed by atoms with Gasteiger partial charge in [0.25, 0.3) is 0 Å². The van der Waals surface area contributed by atoms with E-state index in [1.807, 2.05) is 37.3 Å². The zero-order chi connectivity index (χ0) is 23.8. The molecule has 0 spiro atoms. The fraction of sp³-hybridized carbons (Fsp3) is 0.625. The second-order valence-electron chi connectivity index (χ2n) is 10.6. The molecule has 3 amide bonds. The van der Waals surface area contributed by atoms with Crippen LogP contribution in [0.4, 0.5) is 4.79 Å². The molecule has 2 heterocycles. The molecule has 1 aromatic carbocycles. The molecule has 0 aromatic heterocycles. The lowest BCUT2D eigenvalue weighted by molar-refractivity contribution is -0.147. The number of hydrogen-bond donors (Lipinski definition) is 1. The third-order valence-electron chi connectivity index (χ3n) is 7.23. The first-order chi connectivity index (χ1) is 14.8. The molecule has 7 nitrogen and oxygen atoms in total. The smallest absolute Gasteiger partial charge is 0.416 e. The molecule has 1 N–H and O–H groups in total. The number of carbonyl (C=O) groups is 3. The molecule has 5 atom stereocenters. The van der Waals surface area contributed by atoms with Crippen molar-refractivity contribution in [3.63, 3.8) is 0 Å². The van der Waals surface area contributed by atoms with E-state index in [4.69, 9.17) is 9.16 Å². The van der Waals surface area contributed by atoms with Crippen molar-refractivity contribution in [2.24, 2.45) is 11.8 Å². The summed E-state index contributed by atoms with van der Waals surface area (Å²) < 4.78 is 11.7. The monoisotopic (exact) mass is 460 g/mol. The van der Waals surface area contributed by atoms with Gasteiger partial charge in [0, 0.05) is 0 Å². The van der Waals surface area contributed by atoms with Crippen LogP contribution >= 0.6 is 0 Å². The van der Waals surface area contributed by atoms with Gasteiger partial charge in [0.15, 0.2) is 8.32 Å². The summed E-state index contributed by atoms with van der Waals surface area (Å²) in [5.41, 5.74) is 1.03. The fourth-order valence-electron chi connectivity index (χ4n) is 4.21. The summed E-state index contributed by atoms with van der Waals surface area (Å²) in [5, 5.41) is 2.89. The van der Waals surface area contributed by atoms with E-state index in [1.165, 1.54) is 4.90 Å². The predicted molar refractivity (Wildman–Crippen MR) is 124 cm³/mol. The number of amides is 3. The molecule has 3 rings (SSSR count). The van der Waals surface area contributed by atoms with Crippen molar-refractivity contribution in [2.45, 2.75) is 77.4 Å². The molecular formula is C24H36N2O5Si. The Bertz CT molecular complexity index is 867. The average Bonchev–Trinajstić information content (AvgIpc) is 3.04. The highest BCUT2D eigenvalue weighted by Gasteiger charge is 2.52. The number of carbonyl (C=O) groups excluding carboxylic acids is 3. The molecule has 2 aliphatic rings. The summed E-state index contributed by atoms with van der Waals surface area (Å²) in [4.78, 5) is 39.4. The maximum Gasteiger partial charge on any atom is 0.416 e. The molecule has 0 radical (unpaired) electrons. The average molecular weight is 461 g/mol. The Morgan fingerprint density at radius 2 is 1.84 bits per heavy atom. The van der Waals surface area contributed by atoms with E-state index in [0.29, 0.717) is 6.42 Å². The van der Waals surface area contributed by atoms with E-state index in [2.05, 4.69) is 39.2 Å². The molecule has 0 saturated carbocycles. The van der Waals surface area contributed by atoms with Crippen LogP contribution in [0.15, 0.2) is 30.3 Å². The summed E-state index contributed by atoms with van der Waals surface area (Å²) in [5.74, 6) is -1.41. The van der Waals surface area contributed by atoms with Gasteiger partial charge in [-0.1, -0.05) is 58.0 Å². The van der Waals surface area contributed by atoms with Crippen LogP contribution in [0.5, 0.6) is 0 Å². The lowest BCUT2D eigenvalue weighted by Gasteiger charge is -2.47. The number of β-lactam (4-membered cyclic amide) rings is 1. The second kappa shape index (κ2) is 8.98. The highest BCUT2D eigenvalue weighted by atomic mass is 28.4. The third kappa shape index (κ3) is 4.76. The van der Waals surface area contributed by atoms with Gasteiger partial charge in [0.2, 0.25) is 11.8 Å². The number of rotatable bonds is 7. The summed E-state index contributed by atoms with van der Waals surface area (Å²) in [7, 11) is -2.07. The van der Waals surface area contributed by atoms with Gasteiger partial charge >= 0.3 is 6.09 Å². The Balaban J connectivity index is 1.71. The Labute approximate surface area is 192 Å². The van der Waals surface area contributed by atoms with Crippen molar-refractivity contribution < 1.29 is 23.5 Å². The summed E-state index contributed by atoms with van der Waals surface area (Å²) in [6.07, 6.45) is -0.387. The van der Waals surface area contributed by atoms with Gasteiger partial charge in [-0.15, -0.1) is 0 Å². The number of ether oxygens (including phenoxy) is 1. The third-order valence-corrected chi connectivity index (χ3v) is 11.8. The van der Waals surface area contributed by atoms with Gasteiger partial charge in [0.1, 0.15) is 6.61 Å². The van der Waals surface area contributed by atoms with Crippen molar-refractivity contribution in [1.29, 1.82) is 0 Å². The summed E-state index contributed by atoms with van der Waals surface area (Å²) >= 11 is 0. The molecule has 0 bridgehead atoms. The standard InChI is InChI=1S/C24H36N2O5Si/c1-15(20-19(21(27)25-20)16(2)31-32(6,7)24(3,4)5)22(28)26-18(14-30-23(26)29)13-17-11-9-8-10-12-17/h8-12,15-16,18-20H,13-14H2,1-7H3,(H,25,27)/t15?,16-,18+,19-,20-/m1/s1. The van der Waals surface area contributed by atoms with Gasteiger partial charge in [-0.25, -0.2) is 9.69 Å². The highest BCUT2D eigenvalue weighted by Crippen LogP contribution is 2.39. The van der Waals surface area contributed by atoms with E-state index in [1.54, 1.807) is 6.92 Å². The molecule has 2 saturated heterocycles. The maximum atomic E-state index is 13.4. The number of benzene rings is 1. The molecule has 1 aromatic rings. The largest absolute Gasteiger partial charge is 0.447 e. The fourth-order valence-corrected chi connectivity index (χ4v) is 5.64. The lowest BCUT2D eigenvalue weighted by Crippen LogP contribution is -2.67. The molecule has 32 heavy (non-hydrogen) atoms. The van der Waals surface area contributed by atoms with E-state index < -0.39 is 26.2 Å². The number of nitrogens with zero attached hydrogens (tertiary/aromatic N) is 1. The summed E-state index contributed by atoms with van der Waals surface area (Å²) in [6, 6.07) is 9.00. The minimum absolute atomic E-state index is 0.0163. The van der Waals surface area contributed by atoms with Crippen LogP contribution in [-0.2, 0) is 25.2 Å². The Hall–Kier alpha value is -2.19. The summed E-state index contributed by atoms with van der Waals surface area (Å²) in [6.45, 7) is 14.6. The molecule has 1 unspecified atom stereocenters. The van der Waals surface area contributed by atoms with Crippen molar-refractivity contribution in [3.05, 3.63) is 35.9 Å². The minimum Gasteiger partial charge on any atom is -0.447 e. The molecule has 176 valence electrons. The molecule has 0 aliphatic carbocycles. The first-order valence-electron chi connectivity index (χ1n) is 11.4. The van der Waals surface area contributed by atoms with Gasteiger partial charge < -0.3 is 14.5 Å². The number of nitrogens with one attached hydrogen (secondary N) is 1. The van der Waals surface area contributed by atoms with Crippen LogP contribution in [0.3, 0.4) is 0 Å². The Kier molecular flexibility index (Phi) is 6.86. The van der Waals surface area contributed by atoms with Crippen LogP contribution in [0.2, 0.25) is 18.1 Å². The van der Waals surface area contributed by atoms with Gasteiger partial charge in [0.05, 0.1) is 30.0 Å². The van der Waals surface area contributed by atoms with Gasteiger partial charge in [-0.3, -0.25) is 9.59 Å². The Morgan fingerprint density at radius 1 is 1.22 bits per heavy atom. The Morgan fingerprint density at radius 3 is 2.41 bits per heavy atom. The first kappa shape index (κ1) is 24.4. The lowest BCUT2D eigenvalue weighted by atomic mass is 9.78. The normalized spacial score (nSPS) is 25.6.